The number of carbonyl (C=O) groups excluding carboxylic acids is 1. The maximum Gasteiger partial charge on any atom is 0.318 e. The fraction of sp³-hybridized carbons (Fsp3) is 0.917. The predicted octanol–water partition coefficient (Wildman–Crippen LogP) is 3.01. The molecule has 15 heavy (non-hydrogen) atoms. The van der Waals surface area contributed by atoms with Crippen molar-refractivity contribution in [2.75, 3.05) is 6.54 Å². The van der Waals surface area contributed by atoms with Gasteiger partial charge in [0.2, 0.25) is 0 Å². The third kappa shape index (κ3) is 4.54. The molecular formula is C12H26N2O. The highest BCUT2D eigenvalue weighted by molar-refractivity contribution is 5.75. The third-order valence-corrected chi connectivity index (χ3v) is 2.68. The van der Waals surface area contributed by atoms with Crippen LogP contribution in [0.15, 0.2) is 0 Å². The molecule has 0 atom stereocenters. The first-order valence-electron chi connectivity index (χ1n) is 5.94. The van der Waals surface area contributed by atoms with Crippen LogP contribution in [0.5, 0.6) is 0 Å². The molecule has 0 aliphatic rings. The molecule has 0 saturated carbocycles. The van der Waals surface area contributed by atoms with Gasteiger partial charge in [-0.25, -0.2) is 4.79 Å². The molecule has 90 valence electrons. The van der Waals surface area contributed by atoms with Crippen molar-refractivity contribution in [3.63, 3.8) is 0 Å². The lowest BCUT2D eigenvalue weighted by Gasteiger charge is -2.35. The third-order valence-electron chi connectivity index (χ3n) is 2.68. The summed E-state index contributed by atoms with van der Waals surface area (Å²) in [4.78, 5) is 13.8. The summed E-state index contributed by atoms with van der Waals surface area (Å²) in [5.74, 6) is 0. The smallest absolute Gasteiger partial charge is 0.318 e. The standard InChI is InChI=1S/C12H26N2O/c1-7-10(8-2)13-11(15)14(9-3)12(4,5)6/h10H,7-9H2,1-6H3,(H,13,15). The molecule has 0 radical (unpaired) electrons. The van der Waals surface area contributed by atoms with Gasteiger partial charge in [0.15, 0.2) is 0 Å². The minimum atomic E-state index is -0.106. The fourth-order valence-electron chi connectivity index (χ4n) is 1.67. The van der Waals surface area contributed by atoms with Crippen LogP contribution in [0.3, 0.4) is 0 Å². The number of hydrogen-bond donors (Lipinski definition) is 1. The Morgan fingerprint density at radius 2 is 1.67 bits per heavy atom. The first-order chi connectivity index (χ1) is 6.86. The van der Waals surface area contributed by atoms with Crippen LogP contribution in [0.4, 0.5) is 4.79 Å². The second kappa shape index (κ2) is 5.99. The Bertz CT molecular complexity index is 192. The SMILES string of the molecule is CCC(CC)NC(=O)N(CC)C(C)(C)C. The highest BCUT2D eigenvalue weighted by atomic mass is 16.2. The van der Waals surface area contributed by atoms with Crippen LogP contribution in [0.1, 0.15) is 54.4 Å². The van der Waals surface area contributed by atoms with Crippen molar-refractivity contribution in [3.05, 3.63) is 0 Å². The lowest BCUT2D eigenvalue weighted by atomic mass is 10.1. The van der Waals surface area contributed by atoms with Gasteiger partial charge < -0.3 is 10.2 Å². The summed E-state index contributed by atoms with van der Waals surface area (Å²) in [6.45, 7) is 13.1. The lowest BCUT2D eigenvalue weighted by Crippen LogP contribution is -2.52. The van der Waals surface area contributed by atoms with Gasteiger partial charge in [0.05, 0.1) is 0 Å². The molecule has 0 aromatic carbocycles. The zero-order valence-electron chi connectivity index (χ0n) is 11.1. The summed E-state index contributed by atoms with van der Waals surface area (Å²) >= 11 is 0. The first kappa shape index (κ1) is 14.3. The van der Waals surface area contributed by atoms with E-state index in [1.165, 1.54) is 0 Å². The van der Waals surface area contributed by atoms with Crippen LogP contribution in [-0.4, -0.2) is 29.1 Å². The highest BCUT2D eigenvalue weighted by Crippen LogP contribution is 2.13. The fourth-order valence-corrected chi connectivity index (χ4v) is 1.67. The van der Waals surface area contributed by atoms with Gasteiger partial charge >= 0.3 is 6.03 Å². The number of nitrogens with one attached hydrogen (secondary N) is 1. The number of amides is 2. The molecular weight excluding hydrogens is 188 g/mol. The Hall–Kier alpha value is -0.730. The van der Waals surface area contributed by atoms with Crippen molar-refractivity contribution in [3.8, 4) is 0 Å². The first-order valence-corrected chi connectivity index (χ1v) is 5.94. The second-order valence-electron chi connectivity index (χ2n) is 4.88. The predicted molar refractivity (Wildman–Crippen MR) is 65.0 cm³/mol. The van der Waals surface area contributed by atoms with E-state index in [-0.39, 0.29) is 11.6 Å². The zero-order chi connectivity index (χ0) is 12.1. The summed E-state index contributed by atoms with van der Waals surface area (Å²) in [6, 6.07) is 0.354. The Kier molecular flexibility index (Phi) is 5.69. The molecule has 0 aromatic rings. The van der Waals surface area contributed by atoms with E-state index in [4.69, 9.17) is 0 Å². The van der Waals surface area contributed by atoms with Crippen molar-refractivity contribution in [2.24, 2.45) is 0 Å². The molecule has 0 heterocycles. The maximum atomic E-state index is 12.0. The van der Waals surface area contributed by atoms with Crippen LogP contribution >= 0.6 is 0 Å². The Morgan fingerprint density at radius 1 is 1.20 bits per heavy atom. The van der Waals surface area contributed by atoms with Crippen molar-refractivity contribution in [1.29, 1.82) is 0 Å². The van der Waals surface area contributed by atoms with E-state index in [0.717, 1.165) is 19.4 Å². The van der Waals surface area contributed by atoms with Crippen LogP contribution in [0.2, 0.25) is 0 Å². The molecule has 0 aliphatic heterocycles. The van der Waals surface area contributed by atoms with Gasteiger partial charge in [-0.15, -0.1) is 0 Å². The lowest BCUT2D eigenvalue weighted by molar-refractivity contribution is 0.146. The molecule has 0 rings (SSSR count). The monoisotopic (exact) mass is 214 g/mol. The normalized spacial score (nSPS) is 11.7. The summed E-state index contributed by atoms with van der Waals surface area (Å²) < 4.78 is 0. The largest absolute Gasteiger partial charge is 0.335 e. The summed E-state index contributed by atoms with van der Waals surface area (Å²) in [5.41, 5.74) is -0.106. The maximum absolute atomic E-state index is 12.0. The zero-order valence-corrected chi connectivity index (χ0v) is 11.1. The number of rotatable bonds is 4. The highest BCUT2D eigenvalue weighted by Gasteiger charge is 2.25. The van der Waals surface area contributed by atoms with E-state index in [1.54, 1.807) is 0 Å². The van der Waals surface area contributed by atoms with Crippen molar-refractivity contribution in [1.82, 2.24) is 10.2 Å². The molecule has 3 nitrogen and oxygen atoms in total. The van der Waals surface area contributed by atoms with E-state index >= 15 is 0 Å². The molecule has 0 fully saturated rings. The molecule has 0 bridgehead atoms. The Labute approximate surface area is 94.2 Å². The van der Waals surface area contributed by atoms with Crippen molar-refractivity contribution < 1.29 is 4.79 Å². The summed E-state index contributed by atoms with van der Waals surface area (Å²) in [7, 11) is 0. The molecule has 0 spiro atoms. The van der Waals surface area contributed by atoms with Gasteiger partial charge in [-0.3, -0.25) is 0 Å². The van der Waals surface area contributed by atoms with Gasteiger partial charge in [0.1, 0.15) is 0 Å². The van der Waals surface area contributed by atoms with Gasteiger partial charge in [-0.05, 0) is 40.5 Å². The molecule has 0 aliphatic carbocycles. The summed E-state index contributed by atoms with van der Waals surface area (Å²) in [6.07, 6.45) is 1.98. The average Bonchev–Trinajstić information content (AvgIpc) is 2.12. The van der Waals surface area contributed by atoms with E-state index in [2.05, 4.69) is 39.9 Å². The number of nitrogens with zero attached hydrogens (tertiary/aromatic N) is 1. The van der Waals surface area contributed by atoms with Gasteiger partial charge in [-0.2, -0.15) is 0 Å². The molecule has 0 aromatic heterocycles. The van der Waals surface area contributed by atoms with Crippen LogP contribution < -0.4 is 5.32 Å². The van der Waals surface area contributed by atoms with Gasteiger partial charge in [0.25, 0.3) is 0 Å². The molecule has 3 heteroatoms. The Morgan fingerprint density at radius 3 is 1.93 bits per heavy atom. The van der Waals surface area contributed by atoms with Gasteiger partial charge in [-0.1, -0.05) is 13.8 Å². The Balaban J connectivity index is 4.40. The topological polar surface area (TPSA) is 32.3 Å². The summed E-state index contributed by atoms with van der Waals surface area (Å²) in [5, 5.41) is 3.06. The van der Waals surface area contributed by atoms with E-state index in [0.29, 0.717) is 6.04 Å². The van der Waals surface area contributed by atoms with Crippen LogP contribution in [-0.2, 0) is 0 Å². The van der Waals surface area contributed by atoms with Gasteiger partial charge in [0, 0.05) is 18.1 Å². The van der Waals surface area contributed by atoms with E-state index < -0.39 is 0 Å². The molecule has 0 unspecified atom stereocenters. The molecule has 0 saturated heterocycles. The number of urea groups is 1. The van der Waals surface area contributed by atoms with E-state index in [1.807, 2.05) is 11.8 Å². The van der Waals surface area contributed by atoms with Crippen molar-refractivity contribution >= 4 is 6.03 Å². The average molecular weight is 214 g/mol. The van der Waals surface area contributed by atoms with Crippen LogP contribution in [0.25, 0.3) is 0 Å². The van der Waals surface area contributed by atoms with Crippen LogP contribution in [0, 0.1) is 0 Å². The molecule has 1 N–H and O–H groups in total. The van der Waals surface area contributed by atoms with Crippen molar-refractivity contribution in [2.45, 2.75) is 66.0 Å². The minimum Gasteiger partial charge on any atom is -0.335 e. The number of hydrogen-bond acceptors (Lipinski definition) is 1. The minimum absolute atomic E-state index is 0.0544. The second-order valence-corrected chi connectivity index (χ2v) is 4.88. The molecule has 2 amide bonds. The number of carbonyl (C=O) groups is 1. The quantitative estimate of drug-likeness (QED) is 0.766. The van der Waals surface area contributed by atoms with E-state index in [9.17, 15) is 4.79 Å².